The molecule has 0 aliphatic carbocycles. The first-order valence-corrected chi connectivity index (χ1v) is 7.72. The Morgan fingerprint density at radius 2 is 2.05 bits per heavy atom. The monoisotopic (exact) mass is 294 g/mol. The van der Waals surface area contributed by atoms with Crippen LogP contribution >= 0.6 is 0 Å². The Morgan fingerprint density at radius 1 is 1.29 bits per heavy atom. The van der Waals surface area contributed by atoms with E-state index in [0.29, 0.717) is 19.0 Å². The maximum atomic E-state index is 5.79. The van der Waals surface area contributed by atoms with Gasteiger partial charge in [0.2, 0.25) is 0 Å². The minimum absolute atomic E-state index is 0.0939. The van der Waals surface area contributed by atoms with Gasteiger partial charge in [0.25, 0.3) is 0 Å². The first-order chi connectivity index (χ1) is 10.1. The molecule has 2 rings (SSSR count). The van der Waals surface area contributed by atoms with Crippen LogP contribution in [0.15, 0.2) is 6.07 Å². The van der Waals surface area contributed by atoms with Gasteiger partial charge in [0, 0.05) is 32.4 Å². The predicted molar refractivity (Wildman–Crippen MR) is 83.6 cm³/mol. The second kappa shape index (κ2) is 7.56. The van der Waals surface area contributed by atoms with Crippen molar-refractivity contribution >= 4 is 11.6 Å². The zero-order valence-corrected chi connectivity index (χ0v) is 13.2. The molecule has 1 aromatic rings. The molecule has 1 aromatic heterocycles. The van der Waals surface area contributed by atoms with Crippen LogP contribution in [0.25, 0.3) is 0 Å². The number of anilines is 2. The van der Waals surface area contributed by atoms with Crippen LogP contribution in [0.4, 0.5) is 11.6 Å². The molecule has 2 heterocycles. The number of nitrogens with one attached hydrogen (secondary N) is 2. The number of rotatable bonds is 8. The third kappa shape index (κ3) is 4.82. The van der Waals surface area contributed by atoms with Gasteiger partial charge in [0.1, 0.15) is 18.2 Å². The second-order valence-electron chi connectivity index (χ2n) is 5.48. The summed E-state index contributed by atoms with van der Waals surface area (Å²) in [6.07, 6.45) is 2.21. The molecule has 0 bridgehead atoms. The van der Waals surface area contributed by atoms with Crippen LogP contribution in [0, 0.1) is 0 Å². The van der Waals surface area contributed by atoms with Crippen LogP contribution in [0.3, 0.4) is 0 Å². The molecule has 0 radical (unpaired) electrons. The maximum absolute atomic E-state index is 5.79. The van der Waals surface area contributed by atoms with Gasteiger partial charge in [0.15, 0.2) is 5.82 Å². The fourth-order valence-corrected chi connectivity index (χ4v) is 2.37. The lowest BCUT2D eigenvalue weighted by Gasteiger charge is -2.24. The minimum atomic E-state index is -0.0939. The Kier molecular flexibility index (Phi) is 5.76. The van der Waals surface area contributed by atoms with E-state index in [0.717, 1.165) is 44.2 Å². The molecule has 118 valence electrons. The third-order valence-corrected chi connectivity index (χ3v) is 3.51. The van der Waals surface area contributed by atoms with E-state index >= 15 is 0 Å². The minimum Gasteiger partial charge on any atom is -0.374 e. The van der Waals surface area contributed by atoms with E-state index < -0.39 is 0 Å². The topological polar surface area (TPSA) is 68.3 Å². The highest BCUT2D eigenvalue weighted by Gasteiger charge is 2.29. The number of hydrogen-bond donors (Lipinski definition) is 2. The van der Waals surface area contributed by atoms with E-state index in [-0.39, 0.29) is 5.60 Å². The summed E-state index contributed by atoms with van der Waals surface area (Å²) in [4.78, 5) is 8.94. The van der Waals surface area contributed by atoms with E-state index in [4.69, 9.17) is 9.47 Å². The summed E-state index contributed by atoms with van der Waals surface area (Å²) in [6, 6.07) is 1.93. The van der Waals surface area contributed by atoms with Crippen LogP contribution in [-0.2, 0) is 16.1 Å². The van der Waals surface area contributed by atoms with Crippen LogP contribution in [-0.4, -0.2) is 41.9 Å². The van der Waals surface area contributed by atoms with Crippen molar-refractivity contribution in [1.29, 1.82) is 0 Å². The van der Waals surface area contributed by atoms with Gasteiger partial charge >= 0.3 is 0 Å². The van der Waals surface area contributed by atoms with Gasteiger partial charge < -0.3 is 20.1 Å². The lowest BCUT2D eigenvalue weighted by atomic mass is 10.0. The molecule has 0 spiro atoms. The zero-order chi connectivity index (χ0) is 15.1. The molecule has 0 amide bonds. The van der Waals surface area contributed by atoms with Crippen LogP contribution < -0.4 is 10.6 Å². The molecule has 2 N–H and O–H groups in total. The molecule has 0 saturated carbocycles. The molecule has 1 aliphatic heterocycles. The van der Waals surface area contributed by atoms with Crippen molar-refractivity contribution in [3.05, 3.63) is 11.9 Å². The fraction of sp³-hybridized carbons (Fsp3) is 0.733. The first-order valence-electron chi connectivity index (χ1n) is 7.72. The molecule has 1 fully saturated rings. The molecular weight excluding hydrogens is 268 g/mol. The average molecular weight is 294 g/mol. The summed E-state index contributed by atoms with van der Waals surface area (Å²) in [5.41, 5.74) is -0.0939. The van der Waals surface area contributed by atoms with Crippen molar-refractivity contribution in [3.8, 4) is 0 Å². The van der Waals surface area contributed by atoms with Gasteiger partial charge in [0.05, 0.1) is 5.60 Å². The molecule has 6 nitrogen and oxygen atoms in total. The van der Waals surface area contributed by atoms with Crippen LogP contribution in [0.5, 0.6) is 0 Å². The van der Waals surface area contributed by atoms with E-state index in [1.165, 1.54) is 0 Å². The molecule has 1 saturated heterocycles. The number of ether oxygens (including phenoxy) is 2. The first kappa shape index (κ1) is 16.0. The van der Waals surface area contributed by atoms with E-state index in [1.807, 2.05) is 19.9 Å². The standard InChI is InChI=1S/C15H26N4O2/c1-4-16-12-9-13(19-14(18-12)10-20-5-2)17-11-15(3)7-6-8-21-15/h9H,4-8,10-11H2,1-3H3,(H2,16,17,18,19). The highest BCUT2D eigenvalue weighted by molar-refractivity contribution is 5.47. The van der Waals surface area contributed by atoms with Crippen molar-refractivity contribution in [3.63, 3.8) is 0 Å². The largest absolute Gasteiger partial charge is 0.374 e. The normalized spacial score (nSPS) is 21.5. The van der Waals surface area contributed by atoms with E-state index in [1.54, 1.807) is 0 Å². The Labute approximate surface area is 126 Å². The Balaban J connectivity index is 2.03. The van der Waals surface area contributed by atoms with Crippen molar-refractivity contribution in [1.82, 2.24) is 9.97 Å². The second-order valence-corrected chi connectivity index (χ2v) is 5.48. The number of nitrogens with zero attached hydrogens (tertiary/aromatic N) is 2. The van der Waals surface area contributed by atoms with Crippen molar-refractivity contribution in [2.45, 2.75) is 45.8 Å². The fourth-order valence-electron chi connectivity index (χ4n) is 2.37. The molecule has 0 aromatic carbocycles. The summed E-state index contributed by atoms with van der Waals surface area (Å²) < 4.78 is 11.2. The van der Waals surface area contributed by atoms with Gasteiger partial charge in [-0.3, -0.25) is 0 Å². The highest BCUT2D eigenvalue weighted by atomic mass is 16.5. The van der Waals surface area contributed by atoms with Crippen LogP contribution in [0.2, 0.25) is 0 Å². The van der Waals surface area contributed by atoms with Crippen molar-refractivity contribution < 1.29 is 9.47 Å². The number of aromatic nitrogens is 2. The molecule has 1 atom stereocenters. The molecule has 21 heavy (non-hydrogen) atoms. The van der Waals surface area contributed by atoms with Gasteiger partial charge in [-0.05, 0) is 33.6 Å². The van der Waals surface area contributed by atoms with Crippen molar-refractivity contribution in [2.75, 3.05) is 36.9 Å². The number of hydrogen-bond acceptors (Lipinski definition) is 6. The quantitative estimate of drug-likeness (QED) is 0.767. The molecule has 1 aliphatic rings. The van der Waals surface area contributed by atoms with Gasteiger partial charge in [-0.15, -0.1) is 0 Å². The SMILES string of the molecule is CCNc1cc(NCC2(C)CCCO2)nc(COCC)n1. The van der Waals surface area contributed by atoms with E-state index in [2.05, 4.69) is 27.5 Å². The average Bonchev–Trinajstić information content (AvgIpc) is 2.91. The van der Waals surface area contributed by atoms with Gasteiger partial charge in [-0.2, -0.15) is 0 Å². The van der Waals surface area contributed by atoms with Gasteiger partial charge in [-0.1, -0.05) is 0 Å². The Morgan fingerprint density at radius 3 is 2.67 bits per heavy atom. The van der Waals surface area contributed by atoms with Crippen molar-refractivity contribution in [2.24, 2.45) is 0 Å². The Hall–Kier alpha value is -1.40. The van der Waals surface area contributed by atoms with Crippen LogP contribution in [0.1, 0.15) is 39.4 Å². The molecular formula is C15H26N4O2. The summed E-state index contributed by atoms with van der Waals surface area (Å²) in [7, 11) is 0. The third-order valence-electron chi connectivity index (χ3n) is 3.51. The lowest BCUT2D eigenvalue weighted by Crippen LogP contribution is -2.32. The molecule has 1 unspecified atom stereocenters. The zero-order valence-electron chi connectivity index (χ0n) is 13.2. The van der Waals surface area contributed by atoms with Gasteiger partial charge in [-0.25, -0.2) is 9.97 Å². The van der Waals surface area contributed by atoms with E-state index in [9.17, 15) is 0 Å². The Bertz CT molecular complexity index is 447. The summed E-state index contributed by atoms with van der Waals surface area (Å²) >= 11 is 0. The summed E-state index contributed by atoms with van der Waals surface area (Å²) in [5, 5.41) is 6.60. The highest BCUT2D eigenvalue weighted by Crippen LogP contribution is 2.25. The summed E-state index contributed by atoms with van der Waals surface area (Å²) in [6.45, 7) is 9.66. The predicted octanol–water partition coefficient (Wildman–Crippen LogP) is 2.43. The molecule has 6 heteroatoms. The smallest absolute Gasteiger partial charge is 0.158 e. The maximum Gasteiger partial charge on any atom is 0.158 e. The lowest BCUT2D eigenvalue weighted by molar-refractivity contribution is 0.0314. The summed E-state index contributed by atoms with van der Waals surface area (Å²) in [5.74, 6) is 2.32.